The van der Waals surface area contributed by atoms with E-state index in [9.17, 15) is 5.26 Å². The Morgan fingerprint density at radius 2 is 1.91 bits per heavy atom. The quantitative estimate of drug-likeness (QED) is 0.173. The Morgan fingerprint density at radius 3 is 2.70 bits per heavy atom. The number of aryl methyl sites for hydroxylation is 1. The molecule has 1 aliphatic heterocycles. The SMILES string of the molecule is Cc1cc(C2=NNC(CSc3nnc(-c4ccncc4)n3C3CC3)O2)c(C#N)cc1SCc1nnc(-c2cccc(Cl)c2)o1. The van der Waals surface area contributed by atoms with E-state index in [1.165, 1.54) is 11.8 Å². The number of nitrogens with zero attached hydrogens (tertiary/aromatic N) is 8. The van der Waals surface area contributed by atoms with Gasteiger partial charge in [-0.3, -0.25) is 15.0 Å². The molecule has 0 spiro atoms. The molecule has 1 N–H and O–H groups in total. The second kappa shape index (κ2) is 12.3. The number of nitriles is 1. The largest absolute Gasteiger partial charge is 0.450 e. The molecule has 4 heterocycles. The molecule has 3 aromatic heterocycles. The van der Waals surface area contributed by atoms with Crippen molar-refractivity contribution in [1.82, 2.24) is 35.4 Å². The lowest BCUT2D eigenvalue weighted by Gasteiger charge is -2.13. The molecular weight excluding hydrogens is 618 g/mol. The van der Waals surface area contributed by atoms with Gasteiger partial charge in [0.15, 0.2) is 17.2 Å². The highest BCUT2D eigenvalue weighted by molar-refractivity contribution is 7.99. The Hall–Kier alpha value is -4.38. The smallest absolute Gasteiger partial charge is 0.247 e. The lowest BCUT2D eigenvalue weighted by molar-refractivity contribution is 0.213. The number of hydrazone groups is 1. The average molecular weight is 642 g/mol. The zero-order valence-corrected chi connectivity index (χ0v) is 25.7. The third-order valence-electron chi connectivity index (χ3n) is 7.00. The number of hydrogen-bond donors (Lipinski definition) is 1. The van der Waals surface area contributed by atoms with Gasteiger partial charge in [0.2, 0.25) is 17.7 Å². The van der Waals surface area contributed by atoms with E-state index < -0.39 is 0 Å². The summed E-state index contributed by atoms with van der Waals surface area (Å²) in [7, 11) is 0. The van der Waals surface area contributed by atoms with Gasteiger partial charge >= 0.3 is 0 Å². The van der Waals surface area contributed by atoms with Crippen LogP contribution in [-0.2, 0) is 10.5 Å². The molecule has 1 fully saturated rings. The van der Waals surface area contributed by atoms with Gasteiger partial charge in [-0.25, -0.2) is 0 Å². The molecule has 44 heavy (non-hydrogen) atoms. The number of halogens is 1. The highest BCUT2D eigenvalue weighted by Crippen LogP contribution is 2.41. The zero-order chi connectivity index (χ0) is 30.0. The second-order valence-electron chi connectivity index (χ2n) is 10.2. The number of pyridine rings is 1. The van der Waals surface area contributed by atoms with Crippen molar-refractivity contribution >= 4 is 41.0 Å². The summed E-state index contributed by atoms with van der Waals surface area (Å²) < 4.78 is 14.2. The van der Waals surface area contributed by atoms with E-state index >= 15 is 0 Å². The fourth-order valence-electron chi connectivity index (χ4n) is 4.70. The van der Waals surface area contributed by atoms with Crippen LogP contribution in [0.5, 0.6) is 0 Å². The van der Waals surface area contributed by atoms with E-state index in [1.807, 2.05) is 43.3 Å². The minimum atomic E-state index is -0.379. The first-order chi connectivity index (χ1) is 21.6. The van der Waals surface area contributed by atoms with Crippen LogP contribution in [0.3, 0.4) is 0 Å². The van der Waals surface area contributed by atoms with E-state index in [4.69, 9.17) is 20.8 Å². The van der Waals surface area contributed by atoms with Gasteiger partial charge in [-0.1, -0.05) is 29.4 Å². The molecule has 1 saturated carbocycles. The first kappa shape index (κ1) is 28.4. The lowest BCUT2D eigenvalue weighted by Crippen LogP contribution is -2.25. The number of thioether (sulfide) groups is 2. The highest BCUT2D eigenvalue weighted by atomic mass is 35.5. The first-order valence-electron chi connectivity index (χ1n) is 13.8. The van der Waals surface area contributed by atoms with Crippen LogP contribution in [0.1, 0.15) is 41.5 Å². The minimum Gasteiger partial charge on any atom is -0.450 e. The molecule has 11 nitrogen and oxygen atoms in total. The normalized spacial score (nSPS) is 15.8. The van der Waals surface area contributed by atoms with E-state index in [1.54, 1.807) is 36.3 Å². The summed E-state index contributed by atoms with van der Waals surface area (Å²) in [6, 6.07) is 17.6. The molecule has 5 aromatic rings. The van der Waals surface area contributed by atoms with Crippen molar-refractivity contribution in [3.63, 3.8) is 0 Å². The maximum Gasteiger partial charge on any atom is 0.247 e. The van der Waals surface area contributed by atoms with Crippen molar-refractivity contribution in [3.8, 4) is 28.9 Å². The molecule has 1 unspecified atom stereocenters. The van der Waals surface area contributed by atoms with Crippen LogP contribution in [0.15, 0.2) is 80.5 Å². The number of aromatic nitrogens is 6. The Labute approximate surface area is 266 Å². The molecule has 0 bridgehead atoms. The molecule has 220 valence electrons. The molecule has 7 rings (SSSR count). The summed E-state index contributed by atoms with van der Waals surface area (Å²) in [5.41, 5.74) is 6.89. The monoisotopic (exact) mass is 641 g/mol. The number of ether oxygens (including phenoxy) is 1. The summed E-state index contributed by atoms with van der Waals surface area (Å²) in [6.45, 7) is 1.99. The number of hydrogen-bond acceptors (Lipinski definition) is 12. The van der Waals surface area contributed by atoms with Crippen LogP contribution in [0.2, 0.25) is 5.02 Å². The predicted octanol–water partition coefficient (Wildman–Crippen LogP) is 6.25. The highest BCUT2D eigenvalue weighted by Gasteiger charge is 2.31. The van der Waals surface area contributed by atoms with Crippen LogP contribution in [-0.4, -0.2) is 47.8 Å². The first-order valence-corrected chi connectivity index (χ1v) is 16.1. The third kappa shape index (κ3) is 6.01. The van der Waals surface area contributed by atoms with Crippen molar-refractivity contribution in [1.29, 1.82) is 5.26 Å². The topological polar surface area (TPSA) is 140 Å². The van der Waals surface area contributed by atoms with Crippen LogP contribution in [0, 0.1) is 18.3 Å². The fourth-order valence-corrected chi connectivity index (χ4v) is 6.69. The third-order valence-corrected chi connectivity index (χ3v) is 9.38. The fraction of sp³-hybridized carbons (Fsp3) is 0.233. The van der Waals surface area contributed by atoms with Crippen molar-refractivity contribution in [2.24, 2.45) is 5.10 Å². The Bertz CT molecular complexity index is 1900. The standard InChI is InChI=1S/C30H24ClN9O2S2/c1-17-11-23(20(14-32)13-24(17)43-15-25-34-37-28(41-25)19-3-2-4-21(31)12-19)29-38-35-26(42-29)16-44-30-39-36-27(40(30)22-5-6-22)18-7-9-33-10-8-18/h2-4,7-13,22,26,35H,5-6,15-16H2,1H3. The zero-order valence-electron chi connectivity index (χ0n) is 23.3. The summed E-state index contributed by atoms with van der Waals surface area (Å²) in [5, 5.41) is 33.1. The predicted molar refractivity (Wildman–Crippen MR) is 167 cm³/mol. The van der Waals surface area contributed by atoms with Gasteiger partial charge in [0, 0.05) is 39.5 Å². The van der Waals surface area contributed by atoms with Crippen LogP contribution < -0.4 is 5.43 Å². The Morgan fingerprint density at radius 1 is 1.05 bits per heavy atom. The molecule has 1 atom stereocenters. The summed E-state index contributed by atoms with van der Waals surface area (Å²) in [5.74, 6) is 3.13. The number of benzene rings is 2. The van der Waals surface area contributed by atoms with E-state index in [0.29, 0.717) is 51.4 Å². The molecule has 0 radical (unpaired) electrons. The second-order valence-corrected chi connectivity index (χ2v) is 12.6. The molecule has 2 aromatic carbocycles. The van der Waals surface area contributed by atoms with Crippen molar-refractivity contribution in [2.45, 2.75) is 47.8 Å². The van der Waals surface area contributed by atoms with Crippen molar-refractivity contribution in [3.05, 3.63) is 88.5 Å². The summed E-state index contributed by atoms with van der Waals surface area (Å²) in [6.07, 6.45) is 5.36. The number of rotatable bonds is 10. The maximum atomic E-state index is 9.97. The van der Waals surface area contributed by atoms with Crippen LogP contribution >= 0.6 is 35.1 Å². The molecule has 2 aliphatic rings. The van der Waals surface area contributed by atoms with Crippen LogP contribution in [0.4, 0.5) is 0 Å². The Balaban J connectivity index is 0.996. The summed E-state index contributed by atoms with van der Waals surface area (Å²) >= 11 is 9.17. The van der Waals surface area contributed by atoms with E-state index in [-0.39, 0.29) is 6.23 Å². The van der Waals surface area contributed by atoms with Gasteiger partial charge < -0.3 is 9.15 Å². The Kier molecular flexibility index (Phi) is 7.95. The van der Waals surface area contributed by atoms with Gasteiger partial charge in [0.05, 0.1) is 28.7 Å². The minimum absolute atomic E-state index is 0.379. The molecule has 1 aliphatic carbocycles. The van der Waals surface area contributed by atoms with Gasteiger partial charge in [-0.15, -0.1) is 37.3 Å². The molecule has 0 amide bonds. The summed E-state index contributed by atoms with van der Waals surface area (Å²) in [4.78, 5) is 5.04. The maximum absolute atomic E-state index is 9.97. The van der Waals surface area contributed by atoms with E-state index in [0.717, 1.165) is 45.4 Å². The van der Waals surface area contributed by atoms with Gasteiger partial charge in [-0.05, 0) is 67.8 Å². The van der Waals surface area contributed by atoms with Gasteiger partial charge in [0.1, 0.15) is 0 Å². The average Bonchev–Trinajstić information content (AvgIpc) is 3.41. The van der Waals surface area contributed by atoms with Gasteiger partial charge in [0.25, 0.3) is 0 Å². The molecule has 14 heteroatoms. The van der Waals surface area contributed by atoms with Crippen molar-refractivity contribution < 1.29 is 9.15 Å². The van der Waals surface area contributed by atoms with Gasteiger partial charge in [-0.2, -0.15) is 5.26 Å². The van der Waals surface area contributed by atoms with Crippen molar-refractivity contribution in [2.75, 3.05) is 5.75 Å². The number of nitrogens with one attached hydrogen (secondary N) is 1. The molecule has 0 saturated heterocycles. The van der Waals surface area contributed by atoms with E-state index in [2.05, 4.69) is 46.5 Å². The molecular formula is C30H24ClN9O2S2. The lowest BCUT2D eigenvalue weighted by atomic mass is 10.1. The van der Waals surface area contributed by atoms with Crippen LogP contribution in [0.25, 0.3) is 22.8 Å².